The van der Waals surface area contributed by atoms with Gasteiger partial charge < -0.3 is 9.47 Å². The minimum atomic E-state index is -1.82. The molecule has 6 heteroatoms. The van der Waals surface area contributed by atoms with Crippen LogP contribution in [0.5, 0.6) is 11.5 Å². The highest BCUT2D eigenvalue weighted by Gasteiger charge is 2.23. The Morgan fingerprint density at radius 3 is 1.97 bits per heavy atom. The van der Waals surface area contributed by atoms with Crippen molar-refractivity contribution >= 4 is 29.0 Å². The van der Waals surface area contributed by atoms with Gasteiger partial charge in [-0.25, -0.2) is 4.39 Å². The van der Waals surface area contributed by atoms with E-state index in [9.17, 15) is 9.18 Å². The van der Waals surface area contributed by atoms with E-state index < -0.39 is 12.0 Å². The van der Waals surface area contributed by atoms with E-state index in [1.807, 2.05) is 36.4 Å². The average molecular weight is 433 g/mol. The second-order valence-corrected chi connectivity index (χ2v) is 7.22. The Kier molecular flexibility index (Phi) is 7.13. The average Bonchev–Trinajstić information content (AvgIpc) is 2.72. The maximum Gasteiger partial charge on any atom is 0.186 e. The van der Waals surface area contributed by atoms with Crippen LogP contribution in [0, 0.1) is 0 Å². The van der Waals surface area contributed by atoms with Gasteiger partial charge in [0.1, 0.15) is 13.2 Å². The molecule has 150 valence electrons. The number of hydrogen-bond acceptors (Lipinski definition) is 3. The van der Waals surface area contributed by atoms with Crippen LogP contribution < -0.4 is 9.47 Å². The summed E-state index contributed by atoms with van der Waals surface area (Å²) in [5.41, 5.74) is 1.63. The van der Waals surface area contributed by atoms with Crippen LogP contribution in [0.15, 0.2) is 66.7 Å². The summed E-state index contributed by atoms with van der Waals surface area (Å²) in [6.45, 7) is 1.46. The molecule has 3 aromatic carbocycles. The molecule has 0 aromatic heterocycles. The van der Waals surface area contributed by atoms with Crippen molar-refractivity contribution in [2.75, 3.05) is 0 Å². The van der Waals surface area contributed by atoms with Crippen molar-refractivity contribution in [3.8, 4) is 11.5 Å². The van der Waals surface area contributed by atoms with E-state index in [1.165, 1.54) is 13.0 Å². The molecule has 0 fully saturated rings. The molecule has 0 aliphatic heterocycles. The number of Topliss-reactive ketones (excluding diaryl/α,β-unsaturated/α-hetero) is 1. The molecule has 0 spiro atoms. The van der Waals surface area contributed by atoms with Crippen molar-refractivity contribution in [2.24, 2.45) is 0 Å². The molecule has 1 atom stereocenters. The van der Waals surface area contributed by atoms with Gasteiger partial charge in [0.2, 0.25) is 0 Å². The molecule has 0 saturated heterocycles. The summed E-state index contributed by atoms with van der Waals surface area (Å²) >= 11 is 12.4. The first-order chi connectivity index (χ1) is 14.0. The van der Waals surface area contributed by atoms with E-state index in [0.29, 0.717) is 15.8 Å². The predicted octanol–water partition coefficient (Wildman–Crippen LogP) is 6.75. The molecular formula is C23H19Cl2FO3. The molecule has 0 radical (unpaired) electrons. The maximum absolute atomic E-state index is 14.6. The summed E-state index contributed by atoms with van der Waals surface area (Å²) in [5.74, 6) is -0.128. The van der Waals surface area contributed by atoms with Gasteiger partial charge in [0.15, 0.2) is 23.5 Å². The van der Waals surface area contributed by atoms with Gasteiger partial charge in [0.25, 0.3) is 0 Å². The third-order valence-corrected chi connectivity index (χ3v) is 5.05. The number of benzene rings is 3. The molecule has 0 aliphatic carbocycles. The fourth-order valence-electron chi connectivity index (χ4n) is 2.76. The molecule has 3 nitrogen and oxygen atoms in total. The molecule has 0 N–H and O–H groups in total. The molecule has 1 unspecified atom stereocenters. The Bertz CT molecular complexity index is 1010. The van der Waals surface area contributed by atoms with Crippen LogP contribution in [0.25, 0.3) is 0 Å². The number of alkyl halides is 1. The summed E-state index contributed by atoms with van der Waals surface area (Å²) in [5, 5.41) is 1.10. The van der Waals surface area contributed by atoms with Gasteiger partial charge in [0.05, 0.1) is 0 Å². The van der Waals surface area contributed by atoms with E-state index in [4.69, 9.17) is 32.7 Å². The van der Waals surface area contributed by atoms with Gasteiger partial charge in [0, 0.05) is 26.7 Å². The van der Waals surface area contributed by atoms with Crippen LogP contribution in [-0.2, 0) is 18.0 Å². The number of carbonyl (C=O) groups excluding carboxylic acids is 1. The largest absolute Gasteiger partial charge is 0.485 e. The third kappa shape index (κ3) is 5.28. The summed E-state index contributed by atoms with van der Waals surface area (Å²) in [6.07, 6.45) is -1.82. The van der Waals surface area contributed by atoms with Crippen LogP contribution in [0.4, 0.5) is 4.39 Å². The van der Waals surface area contributed by atoms with Crippen LogP contribution in [-0.4, -0.2) is 5.78 Å². The first kappa shape index (κ1) is 21.2. The number of rotatable bonds is 8. The highest BCUT2D eigenvalue weighted by atomic mass is 35.5. The Labute approximate surface area is 179 Å². The fourth-order valence-corrected chi connectivity index (χ4v) is 3.14. The Hall–Kier alpha value is -2.56. The van der Waals surface area contributed by atoms with E-state index in [-0.39, 0.29) is 24.5 Å². The van der Waals surface area contributed by atoms with Gasteiger partial charge in [-0.15, -0.1) is 0 Å². The van der Waals surface area contributed by atoms with E-state index in [1.54, 1.807) is 24.3 Å². The fraction of sp³-hybridized carbons (Fsp3) is 0.174. The molecule has 0 aliphatic rings. The molecule has 3 rings (SSSR count). The second-order valence-electron chi connectivity index (χ2n) is 6.41. The lowest BCUT2D eigenvalue weighted by Crippen LogP contribution is -2.08. The van der Waals surface area contributed by atoms with E-state index >= 15 is 0 Å². The topological polar surface area (TPSA) is 35.5 Å². The van der Waals surface area contributed by atoms with Crippen LogP contribution in [0.3, 0.4) is 0 Å². The van der Waals surface area contributed by atoms with Crippen molar-refractivity contribution in [1.29, 1.82) is 0 Å². The van der Waals surface area contributed by atoms with Gasteiger partial charge in [-0.2, -0.15) is 0 Å². The molecule has 0 saturated carbocycles. The molecule has 0 bridgehead atoms. The number of ketones is 1. The summed E-state index contributed by atoms with van der Waals surface area (Å²) in [7, 11) is 0. The third-order valence-electron chi connectivity index (χ3n) is 4.31. The van der Waals surface area contributed by atoms with E-state index in [2.05, 4.69) is 0 Å². The Morgan fingerprint density at radius 2 is 1.41 bits per heavy atom. The van der Waals surface area contributed by atoms with Gasteiger partial charge >= 0.3 is 0 Å². The second kappa shape index (κ2) is 9.77. The summed E-state index contributed by atoms with van der Waals surface area (Å²) in [6, 6.07) is 19.3. The minimum Gasteiger partial charge on any atom is -0.485 e. The molecule has 0 amide bonds. The van der Waals surface area contributed by atoms with Crippen LogP contribution in [0.1, 0.15) is 29.8 Å². The maximum atomic E-state index is 14.6. The summed E-state index contributed by atoms with van der Waals surface area (Å²) < 4.78 is 26.4. The number of ether oxygens (including phenoxy) is 2. The number of halogens is 3. The SMILES string of the molecule is CC(=O)C(F)c1cccc(OCc2ccccc2Cl)c1OCc1ccccc1Cl. The number of carbonyl (C=O) groups is 1. The Balaban J connectivity index is 1.90. The van der Waals surface area contributed by atoms with Crippen molar-refractivity contribution in [3.05, 3.63) is 93.5 Å². The number of hydrogen-bond donors (Lipinski definition) is 0. The highest BCUT2D eigenvalue weighted by molar-refractivity contribution is 6.31. The Morgan fingerprint density at radius 1 is 0.862 bits per heavy atom. The van der Waals surface area contributed by atoms with Gasteiger partial charge in [-0.1, -0.05) is 71.7 Å². The van der Waals surface area contributed by atoms with E-state index in [0.717, 1.165) is 11.1 Å². The molecule has 0 heterocycles. The first-order valence-electron chi connectivity index (χ1n) is 8.97. The van der Waals surface area contributed by atoms with Crippen molar-refractivity contribution in [1.82, 2.24) is 0 Å². The summed E-state index contributed by atoms with van der Waals surface area (Å²) in [4.78, 5) is 11.7. The highest BCUT2D eigenvalue weighted by Crippen LogP contribution is 2.38. The smallest absolute Gasteiger partial charge is 0.186 e. The normalized spacial score (nSPS) is 11.7. The quantitative estimate of drug-likeness (QED) is 0.394. The van der Waals surface area contributed by atoms with Crippen LogP contribution >= 0.6 is 23.2 Å². The standard InChI is InChI=1S/C23H19Cl2FO3/c1-15(27)22(26)18-9-6-12-21(28-13-16-7-2-4-10-19(16)24)23(18)29-14-17-8-3-5-11-20(17)25/h2-12,22H,13-14H2,1H3. The van der Waals surface area contributed by atoms with Gasteiger partial charge in [-0.05, 0) is 25.1 Å². The minimum absolute atomic E-state index is 0.101. The van der Waals surface area contributed by atoms with Crippen molar-refractivity contribution in [3.63, 3.8) is 0 Å². The zero-order chi connectivity index (χ0) is 20.8. The zero-order valence-electron chi connectivity index (χ0n) is 15.7. The molecule has 3 aromatic rings. The molecule has 29 heavy (non-hydrogen) atoms. The van der Waals surface area contributed by atoms with Crippen LogP contribution in [0.2, 0.25) is 10.0 Å². The lowest BCUT2D eigenvalue weighted by atomic mass is 10.1. The zero-order valence-corrected chi connectivity index (χ0v) is 17.2. The predicted molar refractivity (Wildman–Crippen MR) is 113 cm³/mol. The van der Waals surface area contributed by atoms with Crippen molar-refractivity contribution in [2.45, 2.75) is 26.3 Å². The number of para-hydroxylation sites is 1. The van der Waals surface area contributed by atoms with Gasteiger partial charge in [-0.3, -0.25) is 4.79 Å². The van der Waals surface area contributed by atoms with Crippen molar-refractivity contribution < 1.29 is 18.7 Å². The monoisotopic (exact) mass is 432 g/mol. The first-order valence-corrected chi connectivity index (χ1v) is 9.73. The molecular weight excluding hydrogens is 414 g/mol. The lowest BCUT2D eigenvalue weighted by molar-refractivity contribution is -0.121. The lowest BCUT2D eigenvalue weighted by Gasteiger charge is -2.18.